The maximum absolute atomic E-state index is 12.6. The van der Waals surface area contributed by atoms with E-state index >= 15 is 0 Å². The molecule has 0 spiro atoms. The number of aliphatic hydroxyl groups is 3. The standard InChI is InChI=1S/C63H119NO4/c1-3-5-7-9-11-13-15-17-19-21-23-25-26-27-28-29-30-31-32-33-34-35-36-37-38-40-42-44-46-48-50-52-54-56-58-62(67)63(68)64-60(59-65)61(66)57-55-53-51-49-47-45-43-41-39-24-22-20-18-16-14-12-10-8-6-4-2/h26-27,29-30,47,49,55,57,60-62,65-67H,3-25,28,31-46,48,50-54,56,58-59H2,1-2H3,(H,64,68)/b27-26-,30-29-,49-47+,57-55+. The van der Waals surface area contributed by atoms with Gasteiger partial charge >= 0.3 is 0 Å². The Labute approximate surface area is 425 Å². The molecule has 0 saturated carbocycles. The maximum Gasteiger partial charge on any atom is 0.249 e. The Balaban J connectivity index is 3.55. The van der Waals surface area contributed by atoms with Crippen molar-refractivity contribution in [1.82, 2.24) is 5.32 Å². The number of unbranched alkanes of at least 4 members (excludes halogenated alkanes) is 42. The fourth-order valence-electron chi connectivity index (χ4n) is 9.41. The van der Waals surface area contributed by atoms with Gasteiger partial charge in [0, 0.05) is 0 Å². The Morgan fingerprint density at radius 1 is 0.368 bits per heavy atom. The summed E-state index contributed by atoms with van der Waals surface area (Å²) in [5.74, 6) is -0.509. The first-order chi connectivity index (χ1) is 33.6. The summed E-state index contributed by atoms with van der Waals surface area (Å²) in [7, 11) is 0. The van der Waals surface area contributed by atoms with Gasteiger partial charge in [0.2, 0.25) is 5.91 Å². The second-order valence-electron chi connectivity index (χ2n) is 20.9. The molecule has 0 aromatic heterocycles. The quantitative estimate of drug-likeness (QED) is 0.0361. The highest BCUT2D eigenvalue weighted by Gasteiger charge is 2.22. The summed E-state index contributed by atoms with van der Waals surface area (Å²) in [6.07, 6.45) is 77.8. The molecule has 0 fully saturated rings. The largest absolute Gasteiger partial charge is 0.394 e. The first kappa shape index (κ1) is 66.3. The zero-order valence-corrected chi connectivity index (χ0v) is 45.7. The molecule has 0 rings (SSSR count). The molecule has 3 unspecified atom stereocenters. The Morgan fingerprint density at radius 3 is 0.985 bits per heavy atom. The molecule has 0 radical (unpaired) electrons. The third-order valence-electron chi connectivity index (χ3n) is 14.1. The van der Waals surface area contributed by atoms with Gasteiger partial charge in [-0.15, -0.1) is 0 Å². The molecule has 0 aromatic rings. The van der Waals surface area contributed by atoms with Gasteiger partial charge < -0.3 is 20.6 Å². The van der Waals surface area contributed by atoms with Gasteiger partial charge in [-0.3, -0.25) is 4.79 Å². The van der Waals surface area contributed by atoms with Crippen LogP contribution < -0.4 is 5.32 Å². The van der Waals surface area contributed by atoms with Crippen molar-refractivity contribution in [2.45, 2.75) is 340 Å². The van der Waals surface area contributed by atoms with E-state index in [-0.39, 0.29) is 6.61 Å². The average Bonchev–Trinajstić information content (AvgIpc) is 3.34. The fourth-order valence-corrected chi connectivity index (χ4v) is 9.41. The molecule has 0 heterocycles. The molecule has 5 nitrogen and oxygen atoms in total. The van der Waals surface area contributed by atoms with Crippen LogP contribution in [0.1, 0.15) is 322 Å². The van der Waals surface area contributed by atoms with Crippen molar-refractivity contribution in [3.63, 3.8) is 0 Å². The number of rotatable bonds is 56. The van der Waals surface area contributed by atoms with E-state index in [0.29, 0.717) is 6.42 Å². The molecule has 68 heavy (non-hydrogen) atoms. The zero-order chi connectivity index (χ0) is 49.3. The van der Waals surface area contributed by atoms with Crippen LogP contribution in [0.15, 0.2) is 48.6 Å². The molecule has 4 N–H and O–H groups in total. The van der Waals surface area contributed by atoms with E-state index in [1.807, 2.05) is 6.08 Å². The van der Waals surface area contributed by atoms with E-state index < -0.39 is 24.2 Å². The third kappa shape index (κ3) is 52.1. The van der Waals surface area contributed by atoms with E-state index in [4.69, 9.17) is 0 Å². The summed E-state index contributed by atoms with van der Waals surface area (Å²) in [5.41, 5.74) is 0. The number of allylic oxidation sites excluding steroid dienone is 7. The Kier molecular flexibility index (Phi) is 56.4. The van der Waals surface area contributed by atoms with Gasteiger partial charge in [-0.2, -0.15) is 0 Å². The molecular formula is C63H119NO4. The summed E-state index contributed by atoms with van der Waals surface area (Å²) in [4.78, 5) is 12.6. The highest BCUT2D eigenvalue weighted by molar-refractivity contribution is 5.80. The minimum Gasteiger partial charge on any atom is -0.394 e. The second kappa shape index (κ2) is 57.9. The third-order valence-corrected chi connectivity index (χ3v) is 14.1. The zero-order valence-electron chi connectivity index (χ0n) is 45.7. The van der Waals surface area contributed by atoms with Crippen LogP contribution in [0.5, 0.6) is 0 Å². The molecule has 5 heteroatoms. The Morgan fingerprint density at radius 2 is 0.647 bits per heavy atom. The minimum atomic E-state index is -1.11. The number of carbonyl (C=O) groups is 1. The first-order valence-electron chi connectivity index (χ1n) is 30.5. The number of hydrogen-bond donors (Lipinski definition) is 4. The highest BCUT2D eigenvalue weighted by atomic mass is 16.3. The Hall–Kier alpha value is -1.69. The van der Waals surface area contributed by atoms with E-state index in [0.717, 1.165) is 44.9 Å². The molecule has 1 amide bonds. The molecular weight excluding hydrogens is 835 g/mol. The van der Waals surface area contributed by atoms with Crippen LogP contribution in [-0.2, 0) is 4.79 Å². The van der Waals surface area contributed by atoms with Crippen molar-refractivity contribution < 1.29 is 20.1 Å². The lowest BCUT2D eigenvalue weighted by Gasteiger charge is -2.21. The monoisotopic (exact) mass is 954 g/mol. The van der Waals surface area contributed by atoms with Gasteiger partial charge in [-0.25, -0.2) is 0 Å². The van der Waals surface area contributed by atoms with Gasteiger partial charge in [-0.05, 0) is 64.2 Å². The highest BCUT2D eigenvalue weighted by Crippen LogP contribution is 2.17. The van der Waals surface area contributed by atoms with Crippen LogP contribution in [0.2, 0.25) is 0 Å². The second-order valence-corrected chi connectivity index (χ2v) is 20.9. The molecule has 0 aliphatic heterocycles. The van der Waals surface area contributed by atoms with Gasteiger partial charge in [-0.1, -0.05) is 306 Å². The number of hydrogen-bond acceptors (Lipinski definition) is 4. The van der Waals surface area contributed by atoms with Crippen molar-refractivity contribution in [2.24, 2.45) is 0 Å². The number of nitrogens with one attached hydrogen (secondary N) is 1. The van der Waals surface area contributed by atoms with Crippen molar-refractivity contribution in [3.05, 3.63) is 48.6 Å². The maximum atomic E-state index is 12.6. The SMILES string of the molecule is CCCCCCCCCCCCC/C=C\C/C=C\CCCCCCCCCCCCCCCCCCC(O)C(=O)NC(CO)C(O)/C=C/CC/C=C/CCCCCCCCCCCCCCCC. The first-order valence-corrected chi connectivity index (χ1v) is 30.5. The van der Waals surface area contributed by atoms with Crippen molar-refractivity contribution >= 4 is 5.91 Å². The summed E-state index contributed by atoms with van der Waals surface area (Å²) in [5, 5.41) is 33.4. The summed E-state index contributed by atoms with van der Waals surface area (Å²) >= 11 is 0. The molecule has 400 valence electrons. The molecule has 3 atom stereocenters. The number of aliphatic hydroxyl groups excluding tert-OH is 3. The summed E-state index contributed by atoms with van der Waals surface area (Å²) in [6.45, 7) is 4.20. The summed E-state index contributed by atoms with van der Waals surface area (Å²) < 4.78 is 0. The van der Waals surface area contributed by atoms with E-state index in [1.54, 1.807) is 6.08 Å². The topological polar surface area (TPSA) is 89.8 Å². The van der Waals surface area contributed by atoms with Gasteiger partial charge in [0.15, 0.2) is 0 Å². The van der Waals surface area contributed by atoms with Crippen LogP contribution in [-0.4, -0.2) is 46.1 Å². The van der Waals surface area contributed by atoms with Crippen LogP contribution in [0.4, 0.5) is 0 Å². The van der Waals surface area contributed by atoms with Crippen molar-refractivity contribution in [2.75, 3.05) is 6.61 Å². The van der Waals surface area contributed by atoms with Crippen molar-refractivity contribution in [3.8, 4) is 0 Å². The number of carbonyl (C=O) groups excluding carboxylic acids is 1. The molecule has 0 bridgehead atoms. The van der Waals surface area contributed by atoms with Crippen LogP contribution >= 0.6 is 0 Å². The normalized spacial score (nSPS) is 13.5. The van der Waals surface area contributed by atoms with Gasteiger partial charge in [0.25, 0.3) is 0 Å². The van der Waals surface area contributed by atoms with Crippen LogP contribution in [0, 0.1) is 0 Å². The molecule has 0 aliphatic carbocycles. The van der Waals surface area contributed by atoms with Crippen molar-refractivity contribution in [1.29, 1.82) is 0 Å². The van der Waals surface area contributed by atoms with Crippen LogP contribution in [0.3, 0.4) is 0 Å². The lowest BCUT2D eigenvalue weighted by molar-refractivity contribution is -0.131. The predicted molar refractivity (Wildman–Crippen MR) is 301 cm³/mol. The molecule has 0 aliphatic rings. The van der Waals surface area contributed by atoms with Gasteiger partial charge in [0.05, 0.1) is 18.8 Å². The van der Waals surface area contributed by atoms with E-state index in [9.17, 15) is 20.1 Å². The van der Waals surface area contributed by atoms with E-state index in [1.165, 1.54) is 257 Å². The minimum absolute atomic E-state index is 0.375. The Bertz CT molecular complexity index is 1100. The lowest BCUT2D eigenvalue weighted by Crippen LogP contribution is -2.48. The average molecular weight is 955 g/mol. The van der Waals surface area contributed by atoms with Gasteiger partial charge in [0.1, 0.15) is 6.10 Å². The van der Waals surface area contributed by atoms with Crippen LogP contribution in [0.25, 0.3) is 0 Å². The molecule has 0 aromatic carbocycles. The smallest absolute Gasteiger partial charge is 0.249 e. The molecule has 0 saturated heterocycles. The van der Waals surface area contributed by atoms with E-state index in [2.05, 4.69) is 55.6 Å². The predicted octanol–water partition coefficient (Wildman–Crippen LogP) is 19.2. The fraction of sp³-hybridized carbons (Fsp3) is 0.857. The number of amides is 1. The lowest BCUT2D eigenvalue weighted by atomic mass is 10.0. The summed E-state index contributed by atoms with van der Waals surface area (Å²) in [6, 6.07) is -0.816.